The molecule has 1 aliphatic rings. The quantitative estimate of drug-likeness (QED) is 0.341. The number of aromatic nitrogens is 3. The van der Waals surface area contributed by atoms with E-state index in [1.807, 2.05) is 36.9 Å². The number of amides is 1. The second-order valence-electron chi connectivity index (χ2n) is 8.70. The van der Waals surface area contributed by atoms with E-state index in [9.17, 15) is 4.79 Å². The van der Waals surface area contributed by atoms with Crippen LogP contribution in [0, 0.1) is 6.92 Å². The van der Waals surface area contributed by atoms with E-state index >= 15 is 0 Å². The summed E-state index contributed by atoms with van der Waals surface area (Å²) >= 11 is 1.69. The first-order chi connectivity index (χ1) is 16.0. The molecule has 0 spiro atoms. The Balaban J connectivity index is 1.37. The van der Waals surface area contributed by atoms with E-state index in [1.165, 1.54) is 5.56 Å². The van der Waals surface area contributed by atoms with Gasteiger partial charge in [-0.05, 0) is 45.7 Å². The Hall–Kier alpha value is -2.64. The molecular formula is C26H32N4O2S. The average Bonchev–Trinajstić information content (AvgIpc) is 3.23. The summed E-state index contributed by atoms with van der Waals surface area (Å²) in [5, 5.41) is 9.89. The number of hydrogen-bond acceptors (Lipinski definition) is 5. The number of hydrogen-bond donors (Lipinski definition) is 0. The fourth-order valence-corrected chi connectivity index (χ4v) is 5.09. The first-order valence-corrected chi connectivity index (χ1v) is 12.6. The van der Waals surface area contributed by atoms with Gasteiger partial charge in [-0.25, -0.2) is 0 Å². The zero-order chi connectivity index (χ0) is 23.2. The van der Waals surface area contributed by atoms with Gasteiger partial charge in [-0.1, -0.05) is 59.8 Å². The Morgan fingerprint density at radius 3 is 2.39 bits per heavy atom. The van der Waals surface area contributed by atoms with Crippen LogP contribution in [-0.4, -0.2) is 56.6 Å². The molecule has 0 radical (unpaired) electrons. The highest BCUT2D eigenvalue weighted by atomic mass is 32.2. The van der Waals surface area contributed by atoms with E-state index < -0.39 is 0 Å². The van der Waals surface area contributed by atoms with Crippen molar-refractivity contribution in [1.82, 2.24) is 19.7 Å². The molecule has 1 aromatic heterocycles. The monoisotopic (exact) mass is 464 g/mol. The van der Waals surface area contributed by atoms with Gasteiger partial charge in [0.05, 0.1) is 12.2 Å². The predicted molar refractivity (Wildman–Crippen MR) is 133 cm³/mol. The van der Waals surface area contributed by atoms with Crippen molar-refractivity contribution in [3.8, 4) is 17.1 Å². The summed E-state index contributed by atoms with van der Waals surface area (Å²) in [7, 11) is 0. The van der Waals surface area contributed by atoms with Crippen molar-refractivity contribution in [1.29, 1.82) is 0 Å². The van der Waals surface area contributed by atoms with Crippen LogP contribution < -0.4 is 0 Å². The minimum atomic E-state index is 0.111. The molecule has 174 valence electrons. The van der Waals surface area contributed by atoms with Crippen LogP contribution in [0.5, 0.6) is 0 Å². The van der Waals surface area contributed by atoms with E-state index in [4.69, 9.17) is 4.74 Å². The number of thioether (sulfide) groups is 1. The molecule has 0 aliphatic carbocycles. The van der Waals surface area contributed by atoms with Crippen LogP contribution >= 0.6 is 11.8 Å². The number of nitrogens with zero attached hydrogens (tertiary/aromatic N) is 4. The number of carbonyl (C=O) groups is 1. The summed E-state index contributed by atoms with van der Waals surface area (Å²) in [5.74, 6) is 1.97. The predicted octanol–water partition coefficient (Wildman–Crippen LogP) is 5.14. The van der Waals surface area contributed by atoms with Gasteiger partial charge >= 0.3 is 0 Å². The van der Waals surface area contributed by atoms with Crippen LogP contribution in [0.4, 0.5) is 0 Å². The Kier molecular flexibility index (Phi) is 7.83. The van der Waals surface area contributed by atoms with E-state index in [2.05, 4.69) is 58.1 Å². The van der Waals surface area contributed by atoms with Gasteiger partial charge in [-0.2, -0.15) is 0 Å². The maximum atomic E-state index is 12.6. The Bertz CT molecular complexity index is 1040. The normalized spacial score (nSPS) is 18.5. The van der Waals surface area contributed by atoms with Crippen molar-refractivity contribution < 1.29 is 9.53 Å². The van der Waals surface area contributed by atoms with Gasteiger partial charge in [0.2, 0.25) is 5.91 Å². The van der Waals surface area contributed by atoms with Crippen LogP contribution in [0.15, 0.2) is 59.8 Å². The van der Waals surface area contributed by atoms with Crippen LogP contribution in [0.25, 0.3) is 17.1 Å². The molecule has 4 rings (SSSR count). The topological polar surface area (TPSA) is 60.3 Å². The lowest BCUT2D eigenvalue weighted by molar-refractivity contribution is -0.143. The number of morpholine rings is 1. The SMILES string of the molecule is Cc1ccc(-c2nnc(SCCCCC(=O)N3CC(C)OC(C)C3)n2-c2ccccc2)cc1. The third kappa shape index (κ3) is 6.03. The Labute approximate surface area is 200 Å². The second kappa shape index (κ2) is 11.0. The van der Waals surface area contributed by atoms with Gasteiger partial charge in [0.15, 0.2) is 11.0 Å². The molecule has 0 N–H and O–H groups in total. The molecule has 0 saturated carbocycles. The molecule has 2 atom stereocenters. The molecule has 1 saturated heterocycles. The minimum Gasteiger partial charge on any atom is -0.372 e. The number of para-hydroxylation sites is 1. The molecule has 1 amide bonds. The summed E-state index contributed by atoms with van der Waals surface area (Å²) in [6.07, 6.45) is 2.63. The molecule has 6 nitrogen and oxygen atoms in total. The number of ether oxygens (including phenoxy) is 1. The van der Waals surface area contributed by atoms with Crippen molar-refractivity contribution in [2.24, 2.45) is 0 Å². The highest BCUT2D eigenvalue weighted by molar-refractivity contribution is 7.99. The lowest BCUT2D eigenvalue weighted by Crippen LogP contribution is -2.48. The highest BCUT2D eigenvalue weighted by Gasteiger charge is 2.25. The van der Waals surface area contributed by atoms with E-state index in [1.54, 1.807) is 11.8 Å². The largest absolute Gasteiger partial charge is 0.372 e. The molecule has 2 heterocycles. The van der Waals surface area contributed by atoms with Crippen molar-refractivity contribution in [2.75, 3.05) is 18.8 Å². The smallest absolute Gasteiger partial charge is 0.222 e. The summed E-state index contributed by atoms with van der Waals surface area (Å²) in [4.78, 5) is 14.5. The molecule has 7 heteroatoms. The fraction of sp³-hybridized carbons (Fsp3) is 0.423. The number of unbranched alkanes of at least 4 members (excludes halogenated alkanes) is 1. The van der Waals surface area contributed by atoms with Crippen molar-refractivity contribution in [3.63, 3.8) is 0 Å². The Morgan fingerprint density at radius 2 is 1.70 bits per heavy atom. The van der Waals surface area contributed by atoms with Gasteiger partial charge in [-0.3, -0.25) is 9.36 Å². The number of benzene rings is 2. The summed E-state index contributed by atoms with van der Waals surface area (Å²) in [6.45, 7) is 7.53. The maximum absolute atomic E-state index is 12.6. The molecule has 2 unspecified atom stereocenters. The molecule has 1 fully saturated rings. The second-order valence-corrected chi connectivity index (χ2v) is 9.77. The van der Waals surface area contributed by atoms with Crippen LogP contribution in [0.2, 0.25) is 0 Å². The van der Waals surface area contributed by atoms with E-state index in [-0.39, 0.29) is 18.1 Å². The molecular weight excluding hydrogens is 432 g/mol. The van der Waals surface area contributed by atoms with Gasteiger partial charge < -0.3 is 9.64 Å². The average molecular weight is 465 g/mol. The first-order valence-electron chi connectivity index (χ1n) is 11.6. The maximum Gasteiger partial charge on any atom is 0.222 e. The fourth-order valence-electron chi connectivity index (χ4n) is 4.14. The molecule has 3 aromatic rings. The third-order valence-electron chi connectivity index (χ3n) is 5.75. The molecule has 2 aromatic carbocycles. The lowest BCUT2D eigenvalue weighted by Gasteiger charge is -2.35. The third-order valence-corrected chi connectivity index (χ3v) is 6.76. The highest BCUT2D eigenvalue weighted by Crippen LogP contribution is 2.28. The number of carbonyl (C=O) groups excluding carboxylic acids is 1. The zero-order valence-electron chi connectivity index (χ0n) is 19.6. The number of aryl methyl sites for hydroxylation is 1. The van der Waals surface area contributed by atoms with Gasteiger partial charge in [0.1, 0.15) is 0 Å². The van der Waals surface area contributed by atoms with Gasteiger partial charge in [-0.15, -0.1) is 10.2 Å². The minimum absolute atomic E-state index is 0.111. The number of rotatable bonds is 8. The standard InChI is InChI=1S/C26H32N4O2S/c1-19-12-14-22(15-13-19)25-27-28-26(30(25)23-9-5-4-6-10-23)33-16-8-7-11-24(31)29-17-20(2)32-21(3)18-29/h4-6,9-10,12-15,20-21H,7-8,11,16-18H2,1-3H3. The van der Waals surface area contributed by atoms with Crippen LogP contribution in [-0.2, 0) is 9.53 Å². The van der Waals surface area contributed by atoms with E-state index in [0.29, 0.717) is 19.5 Å². The van der Waals surface area contributed by atoms with Crippen molar-refractivity contribution in [2.45, 2.75) is 57.4 Å². The Morgan fingerprint density at radius 1 is 1.00 bits per heavy atom. The summed E-state index contributed by atoms with van der Waals surface area (Å²) < 4.78 is 7.86. The zero-order valence-corrected chi connectivity index (χ0v) is 20.4. The molecule has 0 bridgehead atoms. The molecule has 1 aliphatic heterocycles. The summed E-state index contributed by atoms with van der Waals surface area (Å²) in [6, 6.07) is 18.6. The lowest BCUT2D eigenvalue weighted by atomic mass is 10.1. The van der Waals surface area contributed by atoms with Crippen molar-refractivity contribution in [3.05, 3.63) is 60.2 Å². The van der Waals surface area contributed by atoms with Crippen LogP contribution in [0.3, 0.4) is 0 Å². The van der Waals surface area contributed by atoms with Crippen molar-refractivity contribution >= 4 is 17.7 Å². The first kappa shape index (κ1) is 23.5. The van der Waals surface area contributed by atoms with E-state index in [0.717, 1.165) is 40.8 Å². The van der Waals surface area contributed by atoms with Gasteiger partial charge in [0, 0.05) is 36.5 Å². The van der Waals surface area contributed by atoms with Gasteiger partial charge in [0.25, 0.3) is 0 Å². The molecule has 33 heavy (non-hydrogen) atoms. The summed E-state index contributed by atoms with van der Waals surface area (Å²) in [5.41, 5.74) is 3.31. The van der Waals surface area contributed by atoms with Crippen LogP contribution in [0.1, 0.15) is 38.7 Å².